The first-order chi connectivity index (χ1) is 15.3. The molecule has 0 atom stereocenters. The average molecular weight is 545 g/mol. The topological polar surface area (TPSA) is 65.7 Å². The number of nitrogens with zero attached hydrogens (tertiary/aromatic N) is 3. The smallest absolute Gasteiger partial charge is 0.226 e. The number of benzene rings is 2. The van der Waals surface area contributed by atoms with E-state index >= 15 is 0 Å². The van der Waals surface area contributed by atoms with Gasteiger partial charge in [-0.2, -0.15) is 0 Å². The van der Waals surface area contributed by atoms with E-state index in [0.717, 1.165) is 30.3 Å². The maximum absolute atomic E-state index is 5.62. The Labute approximate surface area is 207 Å². The fraction of sp³-hybridized carbons (Fsp3) is 0.360. The van der Waals surface area contributed by atoms with Gasteiger partial charge < -0.3 is 15.1 Å². The lowest BCUT2D eigenvalue weighted by molar-refractivity contribution is 0.331. The molecule has 2 N–H and O–H groups in total. The first-order valence-electron chi connectivity index (χ1n) is 11.1. The Hall–Kier alpha value is -2.39. The van der Waals surface area contributed by atoms with E-state index in [1.165, 1.54) is 37.1 Å². The van der Waals surface area contributed by atoms with Gasteiger partial charge in [-0.15, -0.1) is 24.0 Å². The third kappa shape index (κ3) is 7.06. The number of guanidine groups is 1. The van der Waals surface area contributed by atoms with Gasteiger partial charge in [0.25, 0.3) is 0 Å². The molecule has 0 radical (unpaired) electrons. The summed E-state index contributed by atoms with van der Waals surface area (Å²) in [4.78, 5) is 11.8. The number of nitrogens with one attached hydrogen (secondary N) is 2. The summed E-state index contributed by atoms with van der Waals surface area (Å²) in [7, 11) is 0. The lowest BCUT2D eigenvalue weighted by Gasteiger charge is -2.14. The number of aliphatic imine (C=N–C) groups is 1. The normalized spacial score (nSPS) is 14.2. The number of likely N-dealkylation sites (tertiary alicyclic amines) is 1. The molecule has 0 amide bonds. The van der Waals surface area contributed by atoms with Gasteiger partial charge in [0.15, 0.2) is 5.96 Å². The zero-order valence-corrected chi connectivity index (χ0v) is 20.9. The molecule has 0 bridgehead atoms. The summed E-state index contributed by atoms with van der Waals surface area (Å²) in [6.45, 7) is 7.55. The van der Waals surface area contributed by atoms with Crippen molar-refractivity contribution in [2.45, 2.75) is 39.4 Å². The Balaban J connectivity index is 0.00000289. The summed E-state index contributed by atoms with van der Waals surface area (Å²) in [5.74, 6) is 1.40. The van der Waals surface area contributed by atoms with E-state index in [9.17, 15) is 0 Å². The van der Waals surface area contributed by atoms with Crippen LogP contribution < -0.4 is 10.6 Å². The molecule has 32 heavy (non-hydrogen) atoms. The van der Waals surface area contributed by atoms with Gasteiger partial charge in [0.05, 0.1) is 18.8 Å². The molecule has 0 spiro atoms. The average Bonchev–Trinajstić information content (AvgIpc) is 3.50. The molecule has 7 heteroatoms. The second-order valence-electron chi connectivity index (χ2n) is 7.86. The number of aromatic nitrogens is 1. The van der Waals surface area contributed by atoms with Crippen molar-refractivity contribution in [3.05, 3.63) is 77.7 Å². The molecule has 0 saturated carbocycles. The highest BCUT2D eigenvalue weighted by atomic mass is 127. The van der Waals surface area contributed by atoms with Crippen LogP contribution in [0.25, 0.3) is 11.5 Å². The molecule has 4 rings (SSSR count). The van der Waals surface area contributed by atoms with E-state index in [-0.39, 0.29) is 24.0 Å². The minimum absolute atomic E-state index is 0. The zero-order valence-electron chi connectivity index (χ0n) is 18.6. The van der Waals surface area contributed by atoms with E-state index in [1.54, 1.807) is 6.26 Å². The molecule has 3 aromatic rings. The van der Waals surface area contributed by atoms with Crippen LogP contribution in [-0.4, -0.2) is 35.5 Å². The Morgan fingerprint density at radius 3 is 2.44 bits per heavy atom. The Bertz CT molecular complexity index is 966. The molecule has 1 aromatic heterocycles. The maximum Gasteiger partial charge on any atom is 0.226 e. The second kappa shape index (κ2) is 12.6. The van der Waals surface area contributed by atoms with Gasteiger partial charge in [-0.25, -0.2) is 9.98 Å². The monoisotopic (exact) mass is 545 g/mol. The molecular weight excluding hydrogens is 513 g/mol. The SMILES string of the molecule is CCNC(=NCc1ccc(CN2CCCC2)cc1)NCc1coc(-c2ccccc2)n1.I. The van der Waals surface area contributed by atoms with E-state index < -0.39 is 0 Å². The predicted octanol–water partition coefficient (Wildman–Crippen LogP) is 4.81. The first kappa shape index (κ1) is 24.3. The molecule has 0 aliphatic carbocycles. The van der Waals surface area contributed by atoms with Gasteiger partial charge in [0, 0.05) is 18.7 Å². The Morgan fingerprint density at radius 1 is 1.00 bits per heavy atom. The summed E-state index contributed by atoms with van der Waals surface area (Å²) in [6.07, 6.45) is 4.35. The molecule has 6 nitrogen and oxygen atoms in total. The second-order valence-corrected chi connectivity index (χ2v) is 7.86. The van der Waals surface area contributed by atoms with Crippen molar-refractivity contribution in [3.8, 4) is 11.5 Å². The lowest BCUT2D eigenvalue weighted by Crippen LogP contribution is -2.36. The molecule has 1 fully saturated rings. The van der Waals surface area contributed by atoms with Gasteiger partial charge in [-0.3, -0.25) is 4.90 Å². The van der Waals surface area contributed by atoms with E-state index in [1.807, 2.05) is 30.3 Å². The fourth-order valence-electron chi connectivity index (χ4n) is 3.74. The Morgan fingerprint density at radius 2 is 1.72 bits per heavy atom. The van der Waals surface area contributed by atoms with E-state index in [4.69, 9.17) is 9.41 Å². The largest absolute Gasteiger partial charge is 0.444 e. The Kier molecular flexibility index (Phi) is 9.55. The first-order valence-corrected chi connectivity index (χ1v) is 11.1. The van der Waals surface area contributed by atoms with E-state index in [2.05, 4.69) is 51.7 Å². The highest BCUT2D eigenvalue weighted by Gasteiger charge is 2.11. The number of halogens is 1. The van der Waals surface area contributed by atoms with Crippen LogP contribution in [0.5, 0.6) is 0 Å². The van der Waals surface area contributed by atoms with Crippen LogP contribution >= 0.6 is 24.0 Å². The summed E-state index contributed by atoms with van der Waals surface area (Å²) >= 11 is 0. The number of oxazole rings is 1. The van der Waals surface area contributed by atoms with Crippen LogP contribution in [0.3, 0.4) is 0 Å². The van der Waals surface area contributed by atoms with Crippen LogP contribution in [0, 0.1) is 0 Å². The van der Waals surface area contributed by atoms with Crippen molar-refractivity contribution in [2.24, 2.45) is 4.99 Å². The molecule has 2 aromatic carbocycles. The summed E-state index contributed by atoms with van der Waals surface area (Å²) in [5.41, 5.74) is 4.40. The number of hydrogen-bond acceptors (Lipinski definition) is 4. The summed E-state index contributed by atoms with van der Waals surface area (Å²) in [5, 5.41) is 6.64. The van der Waals surface area contributed by atoms with Crippen LogP contribution in [0.1, 0.15) is 36.6 Å². The molecule has 2 heterocycles. The van der Waals surface area contributed by atoms with Gasteiger partial charge >= 0.3 is 0 Å². The third-order valence-corrected chi connectivity index (χ3v) is 5.40. The van der Waals surface area contributed by atoms with Crippen molar-refractivity contribution in [2.75, 3.05) is 19.6 Å². The van der Waals surface area contributed by atoms with Crippen LogP contribution in [-0.2, 0) is 19.6 Å². The minimum atomic E-state index is 0. The highest BCUT2D eigenvalue weighted by Crippen LogP contribution is 2.18. The molecule has 170 valence electrons. The van der Waals surface area contributed by atoms with Crippen molar-refractivity contribution < 1.29 is 4.42 Å². The van der Waals surface area contributed by atoms with Gasteiger partial charge in [-0.1, -0.05) is 42.5 Å². The van der Waals surface area contributed by atoms with Crippen molar-refractivity contribution in [3.63, 3.8) is 0 Å². The van der Waals surface area contributed by atoms with Gasteiger partial charge in [0.2, 0.25) is 5.89 Å². The van der Waals surface area contributed by atoms with Crippen LogP contribution in [0.15, 0.2) is 70.3 Å². The molecule has 1 saturated heterocycles. The summed E-state index contributed by atoms with van der Waals surface area (Å²) < 4.78 is 5.62. The van der Waals surface area contributed by atoms with Gasteiger partial charge in [0.1, 0.15) is 6.26 Å². The molecule has 1 aliphatic rings. The maximum atomic E-state index is 5.62. The highest BCUT2D eigenvalue weighted by molar-refractivity contribution is 14.0. The van der Waals surface area contributed by atoms with Crippen molar-refractivity contribution in [1.29, 1.82) is 0 Å². The number of rotatable bonds is 8. The quantitative estimate of drug-likeness (QED) is 0.242. The minimum Gasteiger partial charge on any atom is -0.444 e. The van der Waals surface area contributed by atoms with Crippen LogP contribution in [0.4, 0.5) is 0 Å². The molecular formula is C25H32IN5O. The van der Waals surface area contributed by atoms with Crippen molar-refractivity contribution >= 4 is 29.9 Å². The fourth-order valence-corrected chi connectivity index (χ4v) is 3.74. The molecule has 0 unspecified atom stereocenters. The van der Waals surface area contributed by atoms with E-state index in [0.29, 0.717) is 19.0 Å². The summed E-state index contributed by atoms with van der Waals surface area (Å²) in [6, 6.07) is 18.7. The zero-order chi connectivity index (χ0) is 21.3. The lowest BCUT2D eigenvalue weighted by atomic mass is 10.1. The standard InChI is InChI=1S/C25H31N5O.HI/c1-2-26-25(28-17-23-19-31-24(29-23)22-8-4-3-5-9-22)27-16-20-10-12-21(13-11-20)18-30-14-6-7-15-30;/h3-5,8-13,19H,2,6-7,14-18H2,1H3,(H2,26,27,28);1H. The predicted molar refractivity (Wildman–Crippen MR) is 140 cm³/mol. The van der Waals surface area contributed by atoms with Crippen LogP contribution in [0.2, 0.25) is 0 Å². The van der Waals surface area contributed by atoms with Gasteiger partial charge in [-0.05, 0) is 56.1 Å². The number of hydrogen-bond donors (Lipinski definition) is 2. The van der Waals surface area contributed by atoms with Crippen molar-refractivity contribution in [1.82, 2.24) is 20.5 Å². The third-order valence-electron chi connectivity index (χ3n) is 5.40. The molecule has 1 aliphatic heterocycles.